The van der Waals surface area contributed by atoms with Gasteiger partial charge in [-0.1, -0.05) is 5.16 Å². The van der Waals surface area contributed by atoms with Crippen molar-refractivity contribution in [2.45, 2.75) is 39.3 Å². The maximum atomic E-state index is 12.7. The van der Waals surface area contributed by atoms with E-state index in [1.165, 1.54) is 6.20 Å². The minimum atomic E-state index is -0.310. The lowest BCUT2D eigenvalue weighted by Crippen LogP contribution is -2.39. The molecule has 0 bridgehead atoms. The van der Waals surface area contributed by atoms with Gasteiger partial charge in [-0.15, -0.1) is 5.10 Å². The first-order valence-corrected chi connectivity index (χ1v) is 9.83. The van der Waals surface area contributed by atoms with E-state index >= 15 is 0 Å². The van der Waals surface area contributed by atoms with E-state index in [1.807, 2.05) is 26.0 Å². The predicted molar refractivity (Wildman–Crippen MR) is 107 cm³/mol. The molecule has 4 rings (SSSR count). The second kappa shape index (κ2) is 9.00. The van der Waals surface area contributed by atoms with Gasteiger partial charge in [0, 0.05) is 42.8 Å². The highest BCUT2D eigenvalue weighted by Crippen LogP contribution is 2.27. The summed E-state index contributed by atoms with van der Waals surface area (Å²) in [7, 11) is 0. The van der Waals surface area contributed by atoms with Crippen LogP contribution in [0.5, 0.6) is 5.75 Å². The number of nitrogens with zero attached hydrogens (tertiary/aromatic N) is 4. The Kier molecular flexibility index (Phi) is 5.99. The molecule has 0 aromatic carbocycles. The molecule has 1 aliphatic heterocycles. The van der Waals surface area contributed by atoms with Gasteiger partial charge in [-0.25, -0.2) is 0 Å². The van der Waals surface area contributed by atoms with E-state index in [0.29, 0.717) is 30.4 Å². The predicted octanol–water partition coefficient (Wildman–Crippen LogP) is 2.63. The average Bonchev–Trinajstić information content (AvgIpc) is 3.14. The van der Waals surface area contributed by atoms with E-state index in [4.69, 9.17) is 14.0 Å². The van der Waals surface area contributed by atoms with E-state index < -0.39 is 0 Å². The SMILES string of the molecule is Cc1ccc(-c2noc(C)c2COc2ccnnc2C(=O)NC2CCOCC2)cn1. The molecule has 0 aliphatic carbocycles. The number of nitrogens with one attached hydrogen (secondary N) is 1. The minimum Gasteiger partial charge on any atom is -0.486 e. The summed E-state index contributed by atoms with van der Waals surface area (Å²) in [4.78, 5) is 17.0. The lowest BCUT2D eigenvalue weighted by Gasteiger charge is -2.23. The Balaban J connectivity index is 1.50. The van der Waals surface area contributed by atoms with Gasteiger partial charge in [-0.05, 0) is 38.8 Å². The van der Waals surface area contributed by atoms with Crippen molar-refractivity contribution in [2.75, 3.05) is 13.2 Å². The number of hydrogen-bond acceptors (Lipinski definition) is 8. The summed E-state index contributed by atoms with van der Waals surface area (Å²) in [5.74, 6) is 0.680. The molecule has 9 heteroatoms. The third-order valence-electron chi connectivity index (χ3n) is 5.00. The van der Waals surface area contributed by atoms with Gasteiger partial charge < -0.3 is 19.3 Å². The van der Waals surface area contributed by atoms with Gasteiger partial charge in [0.1, 0.15) is 18.1 Å². The fourth-order valence-corrected chi connectivity index (χ4v) is 3.24. The molecule has 0 atom stereocenters. The Labute approximate surface area is 173 Å². The fourth-order valence-electron chi connectivity index (χ4n) is 3.24. The highest BCUT2D eigenvalue weighted by Gasteiger charge is 2.22. The molecule has 0 unspecified atom stereocenters. The van der Waals surface area contributed by atoms with Crippen LogP contribution < -0.4 is 10.1 Å². The maximum Gasteiger partial charge on any atom is 0.275 e. The quantitative estimate of drug-likeness (QED) is 0.661. The second-order valence-corrected chi connectivity index (χ2v) is 7.15. The normalized spacial score (nSPS) is 14.5. The number of aryl methyl sites for hydroxylation is 2. The number of hydrogen-bond donors (Lipinski definition) is 1. The molecule has 1 N–H and O–H groups in total. The van der Waals surface area contributed by atoms with Crippen LogP contribution in [0.25, 0.3) is 11.3 Å². The van der Waals surface area contributed by atoms with Crippen LogP contribution in [0.15, 0.2) is 35.1 Å². The van der Waals surface area contributed by atoms with Crippen LogP contribution in [0.2, 0.25) is 0 Å². The van der Waals surface area contributed by atoms with Gasteiger partial charge >= 0.3 is 0 Å². The lowest BCUT2D eigenvalue weighted by molar-refractivity contribution is 0.0691. The summed E-state index contributed by atoms with van der Waals surface area (Å²) < 4.78 is 16.7. The first-order chi connectivity index (χ1) is 14.6. The summed E-state index contributed by atoms with van der Waals surface area (Å²) >= 11 is 0. The molecule has 9 nitrogen and oxygen atoms in total. The zero-order valence-corrected chi connectivity index (χ0v) is 16.9. The molecule has 1 saturated heterocycles. The first-order valence-electron chi connectivity index (χ1n) is 9.83. The monoisotopic (exact) mass is 409 g/mol. The molecule has 1 aliphatic rings. The summed E-state index contributed by atoms with van der Waals surface area (Å²) in [5.41, 5.74) is 3.35. The Morgan fingerprint density at radius 2 is 2.07 bits per heavy atom. The standard InChI is InChI=1S/C21H23N5O4/c1-13-3-4-15(11-22-13)19-17(14(2)30-26-19)12-29-18-5-8-23-25-20(18)21(27)24-16-6-9-28-10-7-16/h3-5,8,11,16H,6-7,9-10,12H2,1-2H3,(H,24,27). The van der Waals surface area contributed by atoms with E-state index in [-0.39, 0.29) is 24.2 Å². The van der Waals surface area contributed by atoms with Gasteiger partial charge in [0.25, 0.3) is 5.91 Å². The van der Waals surface area contributed by atoms with Gasteiger partial charge in [-0.3, -0.25) is 9.78 Å². The molecule has 0 spiro atoms. The third-order valence-corrected chi connectivity index (χ3v) is 5.00. The van der Waals surface area contributed by atoms with Crippen LogP contribution in [0.3, 0.4) is 0 Å². The molecule has 3 aromatic heterocycles. The van der Waals surface area contributed by atoms with E-state index in [0.717, 1.165) is 29.7 Å². The Hall–Kier alpha value is -3.33. The molecule has 156 valence electrons. The summed E-state index contributed by atoms with van der Waals surface area (Å²) in [6, 6.07) is 5.53. The highest BCUT2D eigenvalue weighted by atomic mass is 16.5. The van der Waals surface area contributed by atoms with Crippen molar-refractivity contribution in [3.05, 3.63) is 53.3 Å². The van der Waals surface area contributed by atoms with Gasteiger partial charge in [0.05, 0.1) is 11.8 Å². The molecule has 1 fully saturated rings. The number of amides is 1. The average molecular weight is 409 g/mol. The third kappa shape index (κ3) is 4.46. The van der Waals surface area contributed by atoms with Crippen molar-refractivity contribution in [3.8, 4) is 17.0 Å². The number of ether oxygens (including phenoxy) is 2. The number of carbonyl (C=O) groups excluding carboxylic acids is 1. The van der Waals surface area contributed by atoms with Crippen molar-refractivity contribution in [1.82, 2.24) is 25.7 Å². The lowest BCUT2D eigenvalue weighted by atomic mass is 10.1. The Morgan fingerprint density at radius 1 is 1.23 bits per heavy atom. The topological polar surface area (TPSA) is 112 Å². The zero-order valence-electron chi connectivity index (χ0n) is 16.9. The smallest absolute Gasteiger partial charge is 0.275 e. The number of pyridine rings is 1. The Bertz CT molecular complexity index is 1010. The molecular formula is C21H23N5O4. The second-order valence-electron chi connectivity index (χ2n) is 7.15. The highest BCUT2D eigenvalue weighted by molar-refractivity contribution is 5.94. The zero-order chi connectivity index (χ0) is 20.9. The minimum absolute atomic E-state index is 0.0575. The van der Waals surface area contributed by atoms with Crippen LogP contribution in [0.1, 0.15) is 40.3 Å². The van der Waals surface area contributed by atoms with Crippen molar-refractivity contribution >= 4 is 5.91 Å². The van der Waals surface area contributed by atoms with Crippen LogP contribution in [-0.2, 0) is 11.3 Å². The maximum absolute atomic E-state index is 12.7. The Morgan fingerprint density at radius 3 is 2.83 bits per heavy atom. The fraction of sp³-hybridized carbons (Fsp3) is 0.381. The van der Waals surface area contributed by atoms with Crippen LogP contribution in [-0.4, -0.2) is 45.5 Å². The van der Waals surface area contributed by atoms with Crippen LogP contribution in [0, 0.1) is 13.8 Å². The van der Waals surface area contributed by atoms with E-state index in [1.54, 1.807) is 12.3 Å². The molecule has 3 aromatic rings. The van der Waals surface area contributed by atoms with Crippen molar-refractivity contribution in [2.24, 2.45) is 0 Å². The van der Waals surface area contributed by atoms with Gasteiger partial charge in [0.15, 0.2) is 11.4 Å². The molecular weight excluding hydrogens is 386 g/mol. The van der Waals surface area contributed by atoms with Crippen molar-refractivity contribution in [3.63, 3.8) is 0 Å². The number of rotatable bonds is 6. The van der Waals surface area contributed by atoms with Crippen molar-refractivity contribution < 1.29 is 18.8 Å². The molecule has 30 heavy (non-hydrogen) atoms. The number of carbonyl (C=O) groups is 1. The molecule has 0 radical (unpaired) electrons. The first kappa shape index (κ1) is 20.0. The van der Waals surface area contributed by atoms with E-state index in [2.05, 4.69) is 25.7 Å². The number of aromatic nitrogens is 4. The van der Waals surface area contributed by atoms with Crippen LogP contribution in [0.4, 0.5) is 0 Å². The summed E-state index contributed by atoms with van der Waals surface area (Å²) in [6.45, 7) is 5.18. The molecule has 4 heterocycles. The van der Waals surface area contributed by atoms with Crippen molar-refractivity contribution in [1.29, 1.82) is 0 Å². The summed E-state index contributed by atoms with van der Waals surface area (Å²) in [6.07, 6.45) is 4.79. The van der Waals surface area contributed by atoms with Gasteiger partial charge in [0.2, 0.25) is 0 Å². The van der Waals surface area contributed by atoms with Crippen LogP contribution >= 0.6 is 0 Å². The van der Waals surface area contributed by atoms with E-state index in [9.17, 15) is 4.79 Å². The molecule has 0 saturated carbocycles. The van der Waals surface area contributed by atoms with Gasteiger partial charge in [-0.2, -0.15) is 5.10 Å². The summed E-state index contributed by atoms with van der Waals surface area (Å²) in [5, 5.41) is 15.0. The molecule has 1 amide bonds. The largest absolute Gasteiger partial charge is 0.486 e.